The fourth-order valence-electron chi connectivity index (χ4n) is 6.64. The summed E-state index contributed by atoms with van der Waals surface area (Å²) in [6, 6.07) is 32.2. The molecule has 2 fully saturated rings. The van der Waals surface area contributed by atoms with E-state index < -0.39 is 0 Å². The molecule has 4 aromatic rings. The molecule has 0 radical (unpaired) electrons. The monoisotopic (exact) mass is 557 g/mol. The van der Waals surface area contributed by atoms with Gasteiger partial charge in [0.1, 0.15) is 0 Å². The van der Waals surface area contributed by atoms with Crippen LogP contribution in [0.25, 0.3) is 0 Å². The lowest BCUT2D eigenvalue weighted by Crippen LogP contribution is -2.43. The number of hydrogen-bond donors (Lipinski definition) is 0. The van der Waals surface area contributed by atoms with Crippen molar-refractivity contribution in [1.82, 2.24) is 19.4 Å². The molecule has 3 aromatic carbocycles. The third-order valence-electron chi connectivity index (χ3n) is 9.10. The van der Waals surface area contributed by atoms with E-state index in [0.717, 1.165) is 32.0 Å². The molecule has 2 heterocycles. The average molecular weight is 558 g/mol. The van der Waals surface area contributed by atoms with E-state index in [1.807, 2.05) is 24.7 Å². The molecule has 0 amide bonds. The van der Waals surface area contributed by atoms with Gasteiger partial charge in [0.2, 0.25) is 0 Å². The Bertz CT molecular complexity index is 1380. The van der Waals surface area contributed by atoms with E-state index in [0.29, 0.717) is 17.4 Å². The summed E-state index contributed by atoms with van der Waals surface area (Å²) in [5.74, 6) is 2.01. The van der Waals surface area contributed by atoms with Crippen LogP contribution in [0.4, 0.5) is 0 Å². The van der Waals surface area contributed by atoms with Crippen molar-refractivity contribution in [2.75, 3.05) is 39.3 Å². The van der Waals surface area contributed by atoms with Crippen molar-refractivity contribution in [2.24, 2.45) is 11.8 Å². The number of imidazole rings is 1. The van der Waals surface area contributed by atoms with Crippen molar-refractivity contribution in [3.05, 3.63) is 125 Å². The van der Waals surface area contributed by atoms with E-state index in [2.05, 4.69) is 98.2 Å². The first-order valence-corrected chi connectivity index (χ1v) is 15.8. The van der Waals surface area contributed by atoms with Crippen LogP contribution in [0.5, 0.6) is 0 Å². The minimum absolute atomic E-state index is 0.408. The van der Waals surface area contributed by atoms with Gasteiger partial charge in [0.05, 0.1) is 18.0 Å². The Kier molecular flexibility index (Phi) is 9.44. The summed E-state index contributed by atoms with van der Waals surface area (Å²) in [6.45, 7) is 7.78. The Morgan fingerprint density at radius 3 is 2.21 bits per heavy atom. The fourth-order valence-corrected chi connectivity index (χ4v) is 6.64. The molecule has 216 valence electrons. The highest BCUT2D eigenvalue weighted by Gasteiger charge is 2.29. The van der Waals surface area contributed by atoms with Gasteiger partial charge in [-0.25, -0.2) is 4.98 Å². The van der Waals surface area contributed by atoms with Crippen molar-refractivity contribution in [2.45, 2.75) is 44.6 Å². The van der Waals surface area contributed by atoms with Crippen LogP contribution in [0.2, 0.25) is 0 Å². The Labute approximate surface area is 251 Å². The van der Waals surface area contributed by atoms with Crippen molar-refractivity contribution < 1.29 is 0 Å². The minimum Gasteiger partial charge on any atom is -0.330 e. The number of benzene rings is 3. The highest BCUT2D eigenvalue weighted by Crippen LogP contribution is 2.31. The zero-order valence-corrected chi connectivity index (χ0v) is 24.7. The molecule has 1 aliphatic heterocycles. The van der Waals surface area contributed by atoms with Gasteiger partial charge >= 0.3 is 0 Å². The molecular formula is C37H43N5. The molecule has 0 spiro atoms. The number of nitrogens with zero attached hydrogens (tertiary/aromatic N) is 5. The maximum Gasteiger partial charge on any atom is 0.0991 e. The SMILES string of the molecule is N#Cc1ccc(Cn2cncc2CCN(CC2CC2)CC2CCCN(CC(c3ccccc3)c3ccccc3)C2)cc1. The highest BCUT2D eigenvalue weighted by atomic mass is 15.2. The molecule has 5 heteroatoms. The predicted molar refractivity (Wildman–Crippen MR) is 169 cm³/mol. The van der Waals surface area contributed by atoms with Gasteiger partial charge < -0.3 is 14.4 Å². The second kappa shape index (κ2) is 14.0. The van der Waals surface area contributed by atoms with Crippen LogP contribution >= 0.6 is 0 Å². The van der Waals surface area contributed by atoms with E-state index in [-0.39, 0.29) is 0 Å². The van der Waals surface area contributed by atoms with Crippen molar-refractivity contribution >= 4 is 0 Å². The lowest BCUT2D eigenvalue weighted by atomic mass is 9.89. The van der Waals surface area contributed by atoms with E-state index in [1.165, 1.54) is 74.2 Å². The summed E-state index contributed by atoms with van der Waals surface area (Å²) < 4.78 is 2.27. The van der Waals surface area contributed by atoms with Crippen LogP contribution < -0.4 is 0 Å². The largest absolute Gasteiger partial charge is 0.330 e. The zero-order chi connectivity index (χ0) is 28.6. The van der Waals surface area contributed by atoms with Gasteiger partial charge in [-0.2, -0.15) is 5.26 Å². The molecule has 0 N–H and O–H groups in total. The lowest BCUT2D eigenvalue weighted by Gasteiger charge is -2.37. The third kappa shape index (κ3) is 7.76. The van der Waals surface area contributed by atoms with Crippen LogP contribution in [-0.2, 0) is 13.0 Å². The molecule has 1 saturated carbocycles. The summed E-state index contributed by atoms with van der Waals surface area (Å²) in [6.07, 6.45) is 10.4. The first kappa shape index (κ1) is 28.4. The quantitative estimate of drug-likeness (QED) is 0.186. The maximum absolute atomic E-state index is 9.11. The van der Waals surface area contributed by atoms with E-state index in [1.54, 1.807) is 0 Å². The van der Waals surface area contributed by atoms with Crippen molar-refractivity contribution in [3.8, 4) is 6.07 Å². The molecule has 0 bridgehead atoms. The van der Waals surface area contributed by atoms with Crippen LogP contribution in [-0.4, -0.2) is 58.6 Å². The van der Waals surface area contributed by atoms with Crippen LogP contribution in [0, 0.1) is 23.2 Å². The minimum atomic E-state index is 0.408. The number of hydrogen-bond acceptors (Lipinski definition) is 4. The smallest absolute Gasteiger partial charge is 0.0991 e. The Morgan fingerprint density at radius 2 is 1.55 bits per heavy atom. The second-order valence-electron chi connectivity index (χ2n) is 12.4. The maximum atomic E-state index is 9.11. The molecule has 42 heavy (non-hydrogen) atoms. The first-order chi connectivity index (χ1) is 20.7. The molecule has 1 aliphatic carbocycles. The molecule has 1 aromatic heterocycles. The van der Waals surface area contributed by atoms with Gasteiger partial charge in [-0.05, 0) is 72.9 Å². The number of aromatic nitrogens is 2. The molecule has 6 rings (SSSR count). The molecule has 2 aliphatic rings. The van der Waals surface area contributed by atoms with Crippen LogP contribution in [0.3, 0.4) is 0 Å². The van der Waals surface area contributed by atoms with Crippen LogP contribution in [0.1, 0.15) is 59.5 Å². The molecule has 1 unspecified atom stereocenters. The van der Waals surface area contributed by atoms with Gasteiger partial charge in [0, 0.05) is 63.5 Å². The number of nitriles is 1. The zero-order valence-electron chi connectivity index (χ0n) is 24.7. The van der Waals surface area contributed by atoms with Crippen LogP contribution in [0.15, 0.2) is 97.5 Å². The second-order valence-corrected chi connectivity index (χ2v) is 12.4. The summed E-state index contributed by atoms with van der Waals surface area (Å²) in [7, 11) is 0. The summed E-state index contributed by atoms with van der Waals surface area (Å²) in [5, 5.41) is 9.11. The topological polar surface area (TPSA) is 48.1 Å². The van der Waals surface area contributed by atoms with Gasteiger partial charge in [-0.3, -0.25) is 0 Å². The van der Waals surface area contributed by atoms with Gasteiger partial charge in [-0.15, -0.1) is 0 Å². The van der Waals surface area contributed by atoms with E-state index in [9.17, 15) is 0 Å². The van der Waals surface area contributed by atoms with E-state index in [4.69, 9.17) is 5.26 Å². The Morgan fingerprint density at radius 1 is 0.857 bits per heavy atom. The third-order valence-corrected chi connectivity index (χ3v) is 9.10. The number of rotatable bonds is 13. The summed E-state index contributed by atoms with van der Waals surface area (Å²) >= 11 is 0. The van der Waals surface area contributed by atoms with Gasteiger partial charge in [-0.1, -0.05) is 72.8 Å². The molecule has 1 atom stereocenters. The first-order valence-electron chi connectivity index (χ1n) is 15.8. The summed E-state index contributed by atoms with van der Waals surface area (Å²) in [5.41, 5.74) is 6.03. The lowest BCUT2D eigenvalue weighted by molar-refractivity contribution is 0.128. The van der Waals surface area contributed by atoms with Crippen molar-refractivity contribution in [3.63, 3.8) is 0 Å². The average Bonchev–Trinajstić information content (AvgIpc) is 3.75. The van der Waals surface area contributed by atoms with E-state index >= 15 is 0 Å². The number of likely N-dealkylation sites (tertiary alicyclic amines) is 1. The van der Waals surface area contributed by atoms with Crippen molar-refractivity contribution in [1.29, 1.82) is 5.26 Å². The fraction of sp³-hybridized carbons (Fsp3) is 0.405. The Balaban J connectivity index is 1.07. The van der Waals surface area contributed by atoms with Gasteiger partial charge in [0.25, 0.3) is 0 Å². The molecule has 5 nitrogen and oxygen atoms in total. The predicted octanol–water partition coefficient (Wildman–Crippen LogP) is 6.60. The number of piperidine rings is 1. The Hall–Kier alpha value is -3.72. The summed E-state index contributed by atoms with van der Waals surface area (Å²) in [4.78, 5) is 9.99. The normalized spacial score (nSPS) is 17.5. The molecule has 1 saturated heterocycles. The highest BCUT2D eigenvalue weighted by molar-refractivity contribution is 5.33. The molecular weight excluding hydrogens is 514 g/mol. The standard InChI is InChI=1S/C37H43N5/c38-22-30-13-15-32(16-14-30)27-42-29-39-23-36(42)19-21-41(24-31-17-18-31)26-33-8-7-20-40(25-33)28-37(34-9-3-1-4-10-34)35-11-5-2-6-12-35/h1-6,9-16,23,29,31,33,37H,7-8,17-21,24-28H2. The van der Waals surface area contributed by atoms with Gasteiger partial charge in [0.15, 0.2) is 0 Å².